The molecular formula is C63H115N11O12. The van der Waals surface area contributed by atoms with Crippen LogP contribution in [0.1, 0.15) is 163 Å². The molecule has 11 amide bonds. The minimum Gasteiger partial charge on any atom is -0.390 e. The molecule has 0 aliphatic rings. The lowest BCUT2D eigenvalue weighted by atomic mass is 9.91. The smallest absolute Gasteiger partial charge is 0.246 e. The Balaban J connectivity index is 7.14. The van der Waals surface area contributed by atoms with Crippen molar-refractivity contribution in [1.29, 1.82) is 0 Å². The molecule has 0 saturated carbocycles. The highest BCUT2D eigenvalue weighted by Gasteiger charge is 2.45. The van der Waals surface area contributed by atoms with Crippen LogP contribution in [-0.2, 0) is 52.7 Å². The fourth-order valence-corrected chi connectivity index (χ4v) is 10.3. The van der Waals surface area contributed by atoms with Gasteiger partial charge in [0.25, 0.3) is 0 Å². The SMILES string of the molecule is C/C=C/C[C@@H](C)[C@H](O)C(C(=O)N[C@H](CC)C(=O)N(C)CC(=O)N(C)[C@@H](CC(C)C)C(N)=O)N(C)C(=O)[C@H](C(C)C)N(C)C(=O)[C@@H](CC(C)C)N(C)C(=O)[C@@H](CC(C)C)N(C)C(=O)[C@H](C)NC(=O)C(CC(C)C)NC(=O)[C@H](C)N(C)C(=O)[C@H](C)C(C)C. The number of rotatable bonds is 36. The van der Waals surface area contributed by atoms with Gasteiger partial charge in [-0.1, -0.05) is 116 Å². The summed E-state index contributed by atoms with van der Waals surface area (Å²) in [7, 11) is 10.1. The number of nitrogens with zero attached hydrogens (tertiary/aromatic N) is 7. The van der Waals surface area contributed by atoms with Gasteiger partial charge in [0, 0.05) is 55.3 Å². The highest BCUT2D eigenvalue weighted by atomic mass is 16.3. The first kappa shape index (κ1) is 79.9. The number of amides is 11. The number of nitrogens with one attached hydrogen (secondary N) is 3. The van der Waals surface area contributed by atoms with Crippen molar-refractivity contribution in [3.63, 3.8) is 0 Å². The van der Waals surface area contributed by atoms with Crippen LogP contribution in [0.2, 0.25) is 0 Å². The van der Waals surface area contributed by atoms with Crippen molar-refractivity contribution in [3.8, 4) is 0 Å². The summed E-state index contributed by atoms with van der Waals surface area (Å²) >= 11 is 0. The number of likely N-dealkylation sites (N-methyl/N-ethyl adjacent to an activating group) is 7. The third kappa shape index (κ3) is 23.5. The molecule has 0 aliphatic heterocycles. The van der Waals surface area contributed by atoms with Crippen molar-refractivity contribution >= 4 is 65.0 Å². The first-order chi connectivity index (χ1) is 39.5. The van der Waals surface area contributed by atoms with E-state index in [1.54, 1.807) is 67.7 Å². The molecule has 0 rings (SSSR count). The second-order valence-corrected chi connectivity index (χ2v) is 26.3. The minimum absolute atomic E-state index is 0.0367. The second-order valence-electron chi connectivity index (χ2n) is 26.3. The maximum Gasteiger partial charge on any atom is 0.246 e. The van der Waals surface area contributed by atoms with Crippen molar-refractivity contribution < 1.29 is 57.8 Å². The van der Waals surface area contributed by atoms with Crippen LogP contribution in [0, 0.1) is 47.3 Å². The third-order valence-corrected chi connectivity index (χ3v) is 16.3. The van der Waals surface area contributed by atoms with Gasteiger partial charge in [0.05, 0.1) is 12.6 Å². The molecule has 0 bridgehead atoms. The van der Waals surface area contributed by atoms with E-state index in [9.17, 15) is 48.3 Å². The van der Waals surface area contributed by atoms with Gasteiger partial charge in [0.2, 0.25) is 65.0 Å². The number of aliphatic hydroxyl groups is 1. The zero-order chi connectivity index (χ0) is 67.3. The van der Waals surface area contributed by atoms with Crippen molar-refractivity contribution in [2.24, 2.45) is 53.1 Å². The van der Waals surface area contributed by atoms with Crippen molar-refractivity contribution in [3.05, 3.63) is 12.2 Å². The molecule has 0 aromatic heterocycles. The van der Waals surface area contributed by atoms with E-state index < -0.39 is 138 Å². The molecule has 23 nitrogen and oxygen atoms in total. The van der Waals surface area contributed by atoms with Crippen molar-refractivity contribution in [1.82, 2.24) is 50.2 Å². The number of primary amides is 1. The largest absolute Gasteiger partial charge is 0.390 e. The first-order valence-electron chi connectivity index (χ1n) is 30.9. The summed E-state index contributed by atoms with van der Waals surface area (Å²) < 4.78 is 0. The summed E-state index contributed by atoms with van der Waals surface area (Å²) in [6, 6.07) is -10.4. The topological polar surface area (TPSA) is 293 Å². The van der Waals surface area contributed by atoms with Crippen molar-refractivity contribution in [2.75, 3.05) is 55.9 Å². The quantitative estimate of drug-likeness (QED) is 0.0559. The number of carbonyl (C=O) groups excluding carboxylic acids is 11. The van der Waals surface area contributed by atoms with Crippen LogP contribution < -0.4 is 21.7 Å². The van der Waals surface area contributed by atoms with Gasteiger partial charge in [0.15, 0.2) is 0 Å². The lowest BCUT2D eigenvalue weighted by Gasteiger charge is -2.41. The van der Waals surface area contributed by atoms with Crippen LogP contribution in [0.3, 0.4) is 0 Å². The Kier molecular flexibility index (Phi) is 34.3. The Bertz CT molecular complexity index is 2310. The predicted octanol–water partition coefficient (Wildman–Crippen LogP) is 3.89. The van der Waals surface area contributed by atoms with Crippen LogP contribution in [0.5, 0.6) is 0 Å². The molecule has 0 spiro atoms. The molecular weight excluding hydrogens is 1100 g/mol. The summed E-state index contributed by atoms with van der Waals surface area (Å²) in [6.07, 6.45) is 3.30. The highest BCUT2D eigenvalue weighted by Crippen LogP contribution is 2.25. The summed E-state index contributed by atoms with van der Waals surface area (Å²) in [5.41, 5.74) is 5.63. The number of allylic oxidation sites excluding steroid dienone is 2. The van der Waals surface area contributed by atoms with Gasteiger partial charge < -0.3 is 61.1 Å². The molecule has 0 heterocycles. The summed E-state index contributed by atoms with van der Waals surface area (Å²) in [5, 5.41) is 20.3. The molecule has 494 valence electrons. The number of nitrogens with two attached hydrogens (primary N) is 1. The Hall–Kier alpha value is -6.13. The van der Waals surface area contributed by atoms with E-state index in [4.69, 9.17) is 5.73 Å². The molecule has 23 heteroatoms. The number of hydrogen-bond acceptors (Lipinski definition) is 12. The zero-order valence-electron chi connectivity index (χ0n) is 57.1. The molecule has 12 atom stereocenters. The highest BCUT2D eigenvalue weighted by molar-refractivity contribution is 5.98. The summed E-state index contributed by atoms with van der Waals surface area (Å²) in [6.45, 7) is 31.9. The molecule has 0 radical (unpaired) electrons. The molecule has 0 aromatic carbocycles. The Labute approximate surface area is 516 Å². The van der Waals surface area contributed by atoms with Gasteiger partial charge in [-0.2, -0.15) is 0 Å². The van der Waals surface area contributed by atoms with Crippen molar-refractivity contribution in [2.45, 2.75) is 224 Å². The average molecular weight is 1220 g/mol. The van der Waals surface area contributed by atoms with Gasteiger partial charge in [-0.05, 0) is 101 Å². The molecule has 2 unspecified atom stereocenters. The molecule has 0 saturated heterocycles. The Morgan fingerprint density at radius 2 is 0.907 bits per heavy atom. The van der Waals surface area contributed by atoms with E-state index in [-0.39, 0.29) is 67.1 Å². The number of hydrogen-bond donors (Lipinski definition) is 5. The van der Waals surface area contributed by atoms with Gasteiger partial charge in [0.1, 0.15) is 54.4 Å². The minimum atomic E-state index is -1.60. The van der Waals surface area contributed by atoms with Crippen LogP contribution in [0.4, 0.5) is 0 Å². The second kappa shape index (κ2) is 36.9. The molecule has 6 N–H and O–H groups in total. The van der Waals surface area contributed by atoms with E-state index in [1.165, 1.54) is 73.7 Å². The first-order valence-corrected chi connectivity index (χ1v) is 30.9. The molecule has 0 fully saturated rings. The lowest BCUT2D eigenvalue weighted by molar-refractivity contribution is -0.157. The molecule has 0 aliphatic carbocycles. The molecule has 86 heavy (non-hydrogen) atoms. The standard InChI is InChI=1S/C63H115N11O12/c1-26-28-29-41(15)53(76)52(57(80)66-45(27-2)60(83)68(19)34-50(75)70(21)47(54(64)77)31-36(5)6)74(25)63(86)51(40(13)14)73(24)62(85)49(33-38(9)10)72(23)61(84)48(32-37(7)8)71(22)59(82)43(17)65-56(79)46(30-35(3)4)67-55(78)44(18)69(20)58(81)42(16)39(11)12/h26,28,35-49,51-53,76H,27,29-34H2,1-25H3,(H2,64,77)(H,65,79)(H,66,80)(H,67,78)/b28-26+/t41-,42-,43+,44+,45-,46?,47+,48-,49-,51+,52?,53+/m1/s1. The third-order valence-electron chi connectivity index (χ3n) is 16.3. The van der Waals surface area contributed by atoms with Gasteiger partial charge in [-0.3, -0.25) is 52.7 Å². The number of aliphatic hydroxyl groups excluding tert-OH is 1. The van der Waals surface area contributed by atoms with E-state index in [0.29, 0.717) is 12.8 Å². The molecule has 0 aromatic rings. The van der Waals surface area contributed by atoms with Gasteiger partial charge in [-0.25, -0.2) is 0 Å². The lowest BCUT2D eigenvalue weighted by Crippen LogP contribution is -2.63. The number of carbonyl (C=O) groups is 11. The monoisotopic (exact) mass is 1220 g/mol. The van der Waals surface area contributed by atoms with E-state index in [2.05, 4.69) is 16.0 Å². The van der Waals surface area contributed by atoms with Crippen LogP contribution >= 0.6 is 0 Å². The summed E-state index contributed by atoms with van der Waals surface area (Å²) in [4.78, 5) is 163. The van der Waals surface area contributed by atoms with Crippen LogP contribution in [0.25, 0.3) is 0 Å². The Morgan fingerprint density at radius 1 is 0.465 bits per heavy atom. The van der Waals surface area contributed by atoms with E-state index >= 15 is 9.59 Å². The van der Waals surface area contributed by atoms with Crippen LogP contribution in [0.15, 0.2) is 12.2 Å². The maximum absolute atomic E-state index is 15.1. The van der Waals surface area contributed by atoms with E-state index in [1.807, 2.05) is 69.2 Å². The van der Waals surface area contributed by atoms with Gasteiger partial charge >= 0.3 is 0 Å². The zero-order valence-corrected chi connectivity index (χ0v) is 57.1. The fourth-order valence-electron chi connectivity index (χ4n) is 10.3. The predicted molar refractivity (Wildman–Crippen MR) is 335 cm³/mol. The maximum atomic E-state index is 15.1. The van der Waals surface area contributed by atoms with E-state index in [0.717, 1.165) is 9.80 Å². The average Bonchev–Trinajstić information content (AvgIpc) is 2.39. The Morgan fingerprint density at radius 3 is 1.34 bits per heavy atom. The summed E-state index contributed by atoms with van der Waals surface area (Å²) in [5.74, 6) is -8.50. The fraction of sp³-hybridized carbons (Fsp3) is 0.794. The normalized spacial score (nSPS) is 16.0. The van der Waals surface area contributed by atoms with Gasteiger partial charge in [-0.15, -0.1) is 0 Å². The van der Waals surface area contributed by atoms with Crippen LogP contribution in [-0.4, -0.2) is 221 Å².